The largest absolute Gasteiger partial charge is 0.342 e. The van der Waals surface area contributed by atoms with Crippen molar-refractivity contribution >= 4 is 26.8 Å². The van der Waals surface area contributed by atoms with Crippen molar-refractivity contribution in [1.29, 1.82) is 0 Å². The lowest BCUT2D eigenvalue weighted by Crippen LogP contribution is -2.50. The highest BCUT2D eigenvalue weighted by molar-refractivity contribution is 7.89. The molecule has 0 aliphatic carbocycles. The molecule has 1 saturated heterocycles. The van der Waals surface area contributed by atoms with Crippen LogP contribution in [0.3, 0.4) is 0 Å². The van der Waals surface area contributed by atoms with E-state index in [1.54, 1.807) is 9.21 Å². The van der Waals surface area contributed by atoms with Crippen molar-refractivity contribution in [3.05, 3.63) is 101 Å². The van der Waals surface area contributed by atoms with E-state index in [9.17, 15) is 13.2 Å². The Morgan fingerprint density at radius 1 is 0.762 bits per heavy atom. The van der Waals surface area contributed by atoms with Gasteiger partial charge in [-0.25, -0.2) is 8.42 Å². The van der Waals surface area contributed by atoms with Crippen LogP contribution in [0.15, 0.2) is 77.8 Å². The molecule has 0 spiro atoms. The molecule has 1 aliphatic rings. The van der Waals surface area contributed by atoms with E-state index in [1.165, 1.54) is 11.1 Å². The van der Waals surface area contributed by atoms with Crippen LogP contribution in [0.5, 0.6) is 0 Å². The van der Waals surface area contributed by atoms with Crippen molar-refractivity contribution in [2.45, 2.75) is 70.7 Å². The van der Waals surface area contributed by atoms with Crippen molar-refractivity contribution < 1.29 is 13.2 Å². The van der Waals surface area contributed by atoms with Crippen LogP contribution in [0.2, 0.25) is 0 Å². The van der Waals surface area contributed by atoms with Gasteiger partial charge in [0.1, 0.15) is 0 Å². The third-order valence-corrected chi connectivity index (χ3v) is 10.5. The number of hydrogen-bond acceptors (Lipinski definition) is 3. The molecule has 4 aromatic rings. The molecule has 0 atom stereocenters. The van der Waals surface area contributed by atoms with Crippen LogP contribution in [0.25, 0.3) is 10.9 Å². The molecule has 42 heavy (non-hydrogen) atoms. The number of aromatic nitrogens is 1. The number of benzene rings is 3. The Morgan fingerprint density at radius 3 is 1.90 bits per heavy atom. The van der Waals surface area contributed by atoms with Gasteiger partial charge in [0.2, 0.25) is 10.0 Å². The number of rotatable bonds is 8. The Kier molecular flexibility index (Phi) is 8.63. The van der Waals surface area contributed by atoms with Gasteiger partial charge in [-0.3, -0.25) is 4.79 Å². The van der Waals surface area contributed by atoms with Gasteiger partial charge in [0.25, 0.3) is 5.91 Å². The lowest BCUT2D eigenvalue weighted by molar-refractivity contribution is 0.0699. The monoisotopic (exact) mass is 585 g/mol. The smallest absolute Gasteiger partial charge is 0.256 e. The zero-order valence-electron chi connectivity index (χ0n) is 25.7. The van der Waals surface area contributed by atoms with E-state index in [0.29, 0.717) is 36.0 Å². The average Bonchev–Trinajstić information content (AvgIpc) is 3.34. The van der Waals surface area contributed by atoms with Crippen LogP contribution in [-0.2, 0) is 16.6 Å². The van der Waals surface area contributed by atoms with Crippen LogP contribution in [0.1, 0.15) is 91.9 Å². The maximum absolute atomic E-state index is 14.2. The first-order chi connectivity index (χ1) is 20.0. The third kappa shape index (κ3) is 5.77. The third-order valence-electron chi connectivity index (χ3n) is 8.42. The van der Waals surface area contributed by atoms with Crippen LogP contribution < -0.4 is 0 Å². The van der Waals surface area contributed by atoms with Gasteiger partial charge in [0.05, 0.1) is 10.5 Å². The van der Waals surface area contributed by atoms with E-state index in [-0.39, 0.29) is 30.8 Å². The highest BCUT2D eigenvalue weighted by atomic mass is 32.2. The molecule has 222 valence electrons. The molecule has 0 saturated carbocycles. The summed E-state index contributed by atoms with van der Waals surface area (Å²) in [7, 11) is -3.74. The predicted octanol–water partition coefficient (Wildman–Crippen LogP) is 7.21. The lowest BCUT2D eigenvalue weighted by Gasteiger charge is -2.35. The first-order valence-corrected chi connectivity index (χ1v) is 16.5. The summed E-state index contributed by atoms with van der Waals surface area (Å²) in [4.78, 5) is 16.1. The predicted molar refractivity (Wildman–Crippen MR) is 171 cm³/mol. The number of amides is 1. The topological polar surface area (TPSA) is 62.6 Å². The fourth-order valence-corrected chi connectivity index (χ4v) is 8.03. The van der Waals surface area contributed by atoms with Crippen molar-refractivity contribution in [3.63, 3.8) is 0 Å². The second kappa shape index (κ2) is 12.1. The molecule has 2 heterocycles. The molecule has 0 unspecified atom stereocenters. The van der Waals surface area contributed by atoms with Crippen molar-refractivity contribution in [2.75, 3.05) is 26.2 Å². The zero-order chi connectivity index (χ0) is 30.2. The Bertz CT molecular complexity index is 1650. The number of piperazine rings is 1. The molecule has 1 fully saturated rings. The Balaban J connectivity index is 1.40. The summed E-state index contributed by atoms with van der Waals surface area (Å²) in [6, 6.07) is 22.4. The summed E-state index contributed by atoms with van der Waals surface area (Å²) in [5.41, 5.74) is 5.77. The molecule has 3 aromatic carbocycles. The van der Waals surface area contributed by atoms with E-state index in [1.807, 2.05) is 48.7 Å². The Morgan fingerprint density at radius 2 is 1.33 bits per heavy atom. The van der Waals surface area contributed by atoms with Gasteiger partial charge in [-0.05, 0) is 46.1 Å². The summed E-state index contributed by atoms with van der Waals surface area (Å²) in [6.45, 7) is 14.5. The molecule has 1 amide bonds. The summed E-state index contributed by atoms with van der Waals surface area (Å²) in [5.74, 6) is 0.399. The minimum absolute atomic E-state index is 0.0536. The first-order valence-electron chi connectivity index (χ1n) is 15.1. The van der Waals surface area contributed by atoms with E-state index < -0.39 is 10.0 Å². The first kappa shape index (κ1) is 30.1. The van der Waals surface area contributed by atoms with Crippen LogP contribution in [0, 0.1) is 0 Å². The molecule has 0 bridgehead atoms. The molecule has 5 rings (SSSR count). The fraction of sp³-hybridized carbons (Fsp3) is 0.400. The van der Waals surface area contributed by atoms with E-state index in [2.05, 4.69) is 70.4 Å². The number of carbonyl (C=O) groups excluding carboxylic acids is 1. The van der Waals surface area contributed by atoms with Crippen molar-refractivity contribution in [2.24, 2.45) is 0 Å². The van der Waals surface area contributed by atoms with Crippen molar-refractivity contribution in [1.82, 2.24) is 13.8 Å². The van der Waals surface area contributed by atoms with E-state index in [0.717, 1.165) is 22.0 Å². The second-order valence-electron chi connectivity index (χ2n) is 12.4. The Hall–Kier alpha value is -3.42. The van der Waals surface area contributed by atoms with Crippen molar-refractivity contribution in [3.8, 4) is 0 Å². The number of nitrogens with zero attached hydrogens (tertiary/aromatic N) is 3. The summed E-state index contributed by atoms with van der Waals surface area (Å²) >= 11 is 0. The second-order valence-corrected chi connectivity index (χ2v) is 14.2. The normalized spacial score (nSPS) is 14.9. The SMILES string of the molecule is CC(C)c1cc(C(C)C)c(S(=O)(=O)N2CCN(C(=O)c3cn(Cc4ccccc4)c4ccccc34)CC2)c(C(C)C)c1. The molecule has 1 aliphatic heterocycles. The van der Waals surface area contributed by atoms with Crippen LogP contribution in [-0.4, -0.2) is 54.3 Å². The number of para-hydroxylation sites is 1. The maximum Gasteiger partial charge on any atom is 0.256 e. The van der Waals surface area contributed by atoms with E-state index in [4.69, 9.17) is 0 Å². The molecule has 7 heteroatoms. The number of sulfonamides is 1. The highest BCUT2D eigenvalue weighted by Crippen LogP contribution is 2.37. The summed E-state index contributed by atoms with van der Waals surface area (Å²) < 4.78 is 32.2. The summed E-state index contributed by atoms with van der Waals surface area (Å²) in [5, 5.41) is 0.918. The number of hydrogen-bond donors (Lipinski definition) is 0. The van der Waals surface area contributed by atoms with E-state index >= 15 is 0 Å². The number of fused-ring (bicyclic) bond motifs is 1. The van der Waals surface area contributed by atoms with Gasteiger partial charge in [-0.1, -0.05) is 102 Å². The summed E-state index contributed by atoms with van der Waals surface area (Å²) in [6.07, 6.45) is 1.95. The Labute approximate surface area is 251 Å². The van der Waals surface area contributed by atoms with Crippen LogP contribution in [0.4, 0.5) is 0 Å². The minimum atomic E-state index is -3.74. The van der Waals surface area contributed by atoms with Gasteiger partial charge in [-0.15, -0.1) is 0 Å². The highest BCUT2D eigenvalue weighted by Gasteiger charge is 2.35. The average molecular weight is 586 g/mol. The zero-order valence-corrected chi connectivity index (χ0v) is 26.5. The van der Waals surface area contributed by atoms with Gasteiger partial charge < -0.3 is 9.47 Å². The molecular formula is C35H43N3O3S. The van der Waals surface area contributed by atoms with Gasteiger partial charge in [0, 0.05) is 49.8 Å². The standard InChI is InChI=1S/C35H43N3O3S/c1-24(2)28-20-30(25(3)4)34(31(21-28)26(5)6)42(40,41)38-18-16-36(17-19-38)35(39)32-23-37(22-27-12-8-7-9-13-27)33-15-11-10-14-29(32)33/h7-15,20-21,23-26H,16-19,22H2,1-6H3. The number of carbonyl (C=O) groups is 1. The minimum Gasteiger partial charge on any atom is -0.342 e. The van der Waals surface area contributed by atoms with Gasteiger partial charge in [0.15, 0.2) is 0 Å². The fourth-order valence-electron chi connectivity index (χ4n) is 5.95. The molecule has 0 N–H and O–H groups in total. The molecule has 1 aromatic heterocycles. The maximum atomic E-state index is 14.2. The van der Waals surface area contributed by atoms with Crippen LogP contribution >= 0.6 is 0 Å². The van der Waals surface area contributed by atoms with Gasteiger partial charge in [-0.2, -0.15) is 4.31 Å². The van der Waals surface area contributed by atoms with Gasteiger partial charge >= 0.3 is 0 Å². The quantitative estimate of drug-likeness (QED) is 0.220. The molecular weight excluding hydrogens is 542 g/mol. The molecule has 6 nitrogen and oxygen atoms in total. The molecule has 0 radical (unpaired) electrons. The lowest BCUT2D eigenvalue weighted by atomic mass is 9.89.